The Balaban J connectivity index is 0.000000147. The molecule has 4 fully saturated rings. The maximum atomic E-state index is 13.0. The molecule has 0 atom stereocenters. The van der Waals surface area contributed by atoms with Gasteiger partial charge in [0.05, 0.1) is 141 Å². The zero-order valence-electron chi connectivity index (χ0n) is 69.0. The molecule has 0 unspecified atom stereocenters. The van der Waals surface area contributed by atoms with E-state index in [2.05, 4.69) is 70.9 Å². The Bertz CT molecular complexity index is 4990. The van der Waals surface area contributed by atoms with E-state index < -0.39 is 14.0 Å². The number of carbonyl (C=O) groups excluding carboxylic acids is 3. The van der Waals surface area contributed by atoms with Crippen molar-refractivity contribution in [3.05, 3.63) is 233 Å². The average Bonchev–Trinajstić information content (AvgIpc) is 1.59. The van der Waals surface area contributed by atoms with Gasteiger partial charge in [-0.2, -0.15) is 15.3 Å². The molecule has 7 aliphatic heterocycles. The second-order valence-corrected chi connectivity index (χ2v) is 34.9. The van der Waals surface area contributed by atoms with Crippen LogP contribution in [0.25, 0.3) is 34.2 Å². The van der Waals surface area contributed by atoms with Gasteiger partial charge in [-0.15, -0.1) is 0 Å². The number of ether oxygens (including phenoxy) is 3. The maximum Gasteiger partial charge on any atom is 0.488 e. The molecule has 122 heavy (non-hydrogen) atoms. The number of hydrazone groups is 3. The van der Waals surface area contributed by atoms with Gasteiger partial charge < -0.3 is 43.0 Å². The lowest BCUT2D eigenvalue weighted by molar-refractivity contribution is -0.130. The van der Waals surface area contributed by atoms with Gasteiger partial charge in [-0.1, -0.05) is 124 Å². The number of β-amino-alcohol motifs (C(OH)–C–C–N with tert-alkyl or cyclic N) is 1. The van der Waals surface area contributed by atoms with Crippen LogP contribution < -0.4 is 4.74 Å². The molecular formula is C87H95B2BrCl6N14O12. The van der Waals surface area contributed by atoms with Gasteiger partial charge >= 0.3 is 14.0 Å². The Morgan fingerprint density at radius 1 is 0.434 bits per heavy atom. The minimum atomic E-state index is -0.476. The molecule has 0 radical (unpaired) electrons. The standard InChI is InChI=1S/C27H27Cl2N5O3.C21H15BrCl2N4O.C21H16Cl2N4O2.C12H24B2O4.C6H13NO2/c28-21-4-5-24(29)23(16-21)25-6-7-34(32-25)26(35)15-19-2-1-3-20(14-19)27-30-17-22(18-31-27)37-13-10-33-8-11-36-12-9-33;22-15-11-25-21(26-12-15)14-3-1-2-13(8-14)9-20(29)28-7-6-19(27-28)17-10-16(23)4-5-18(17)24;22-15-4-5-18(23)17(10-15)19-6-7-27(26-19)20(29)9-13-2-1-3-14(8-13)21-24-11-16(28)12-25-21;1-9(2)10(3,4)16-13(15-9)14-17-11(5,6)12(7,8)18-14;8-4-1-7-2-5-9-6-3-7/h1-5,14,16-18H,6-13,15H2;1-5,8,10-12H,6-7,9H2;1-5,8,10-12,28H,6-7,9H2;1-8H3;8H,1-6H2. The maximum absolute atomic E-state index is 13.0. The van der Waals surface area contributed by atoms with E-state index in [9.17, 15) is 19.5 Å². The van der Waals surface area contributed by atoms with Gasteiger partial charge in [-0.25, -0.2) is 44.9 Å². The van der Waals surface area contributed by atoms with Crippen molar-refractivity contribution in [3.63, 3.8) is 0 Å². The van der Waals surface area contributed by atoms with Crippen LogP contribution in [0, 0.1) is 0 Å². The molecule has 0 saturated carbocycles. The van der Waals surface area contributed by atoms with Crippen LogP contribution in [-0.4, -0.2) is 235 Å². The first kappa shape index (κ1) is 92.7. The summed E-state index contributed by atoms with van der Waals surface area (Å²) in [5.74, 6) is 2.03. The molecule has 3 amide bonds. The highest BCUT2D eigenvalue weighted by Crippen LogP contribution is 2.43. The number of amides is 3. The number of rotatable bonds is 19. The summed E-state index contributed by atoms with van der Waals surface area (Å²) in [6, 6.07) is 38.5. The Morgan fingerprint density at radius 2 is 0.754 bits per heavy atom. The van der Waals surface area contributed by atoms with Crippen molar-refractivity contribution < 1.29 is 57.4 Å². The highest BCUT2D eigenvalue weighted by Gasteiger charge is 2.64. The number of nitrogens with zero attached hydrogens (tertiary/aromatic N) is 14. The smallest absolute Gasteiger partial charge is 0.488 e. The van der Waals surface area contributed by atoms with Crippen LogP contribution >= 0.6 is 85.5 Å². The van der Waals surface area contributed by atoms with Crippen molar-refractivity contribution in [3.8, 4) is 45.7 Å². The first-order valence-electron chi connectivity index (χ1n) is 40.0. The predicted molar refractivity (Wildman–Crippen MR) is 480 cm³/mol. The molecule has 9 aromatic rings. The van der Waals surface area contributed by atoms with Crippen LogP contribution in [0.5, 0.6) is 11.5 Å². The van der Waals surface area contributed by atoms with Crippen molar-refractivity contribution >= 4 is 134 Å². The molecule has 26 nitrogen and oxygen atoms in total. The fourth-order valence-electron chi connectivity index (χ4n) is 13.4. The predicted octanol–water partition coefficient (Wildman–Crippen LogP) is 15.6. The van der Waals surface area contributed by atoms with Crippen LogP contribution in [0.1, 0.15) is 108 Å². The van der Waals surface area contributed by atoms with E-state index in [-0.39, 0.29) is 71.7 Å². The summed E-state index contributed by atoms with van der Waals surface area (Å²) in [5, 5.41) is 39.2. The Morgan fingerprint density at radius 3 is 1.09 bits per heavy atom. The molecule has 2 N–H and O–H groups in total. The quantitative estimate of drug-likeness (QED) is 0.0711. The third-order valence-corrected chi connectivity index (χ3v) is 23.7. The molecule has 0 spiro atoms. The molecule has 3 aromatic heterocycles. The van der Waals surface area contributed by atoms with Gasteiger partial charge in [0.2, 0.25) is 17.7 Å². The largest absolute Gasteiger partial charge is 0.505 e. The molecule has 640 valence electrons. The lowest BCUT2D eigenvalue weighted by Crippen LogP contribution is -2.41. The molecule has 10 heterocycles. The van der Waals surface area contributed by atoms with Gasteiger partial charge in [0.1, 0.15) is 6.61 Å². The third-order valence-electron chi connectivity index (χ3n) is 21.6. The van der Waals surface area contributed by atoms with E-state index in [0.717, 1.165) is 137 Å². The zero-order chi connectivity index (χ0) is 86.9. The third kappa shape index (κ3) is 25.2. The van der Waals surface area contributed by atoms with Crippen molar-refractivity contribution in [2.75, 3.05) is 98.5 Å². The highest BCUT2D eigenvalue weighted by atomic mass is 79.9. The lowest BCUT2D eigenvalue weighted by atomic mass is 9.49. The van der Waals surface area contributed by atoms with E-state index in [4.69, 9.17) is 108 Å². The van der Waals surface area contributed by atoms with Crippen molar-refractivity contribution in [2.24, 2.45) is 15.3 Å². The lowest BCUT2D eigenvalue weighted by Gasteiger charge is -2.32. The molecule has 6 aromatic carbocycles. The molecule has 0 aliphatic carbocycles. The van der Waals surface area contributed by atoms with Crippen LogP contribution in [-0.2, 0) is 61.7 Å². The highest BCUT2D eigenvalue weighted by molar-refractivity contribution is 9.10. The van der Waals surface area contributed by atoms with Gasteiger partial charge in [0, 0.05) is 134 Å². The monoisotopic (exact) mass is 1840 g/mol. The van der Waals surface area contributed by atoms with Crippen molar-refractivity contribution in [1.82, 2.24) is 54.7 Å². The Labute approximate surface area is 749 Å². The Kier molecular flexibility index (Phi) is 32.3. The van der Waals surface area contributed by atoms with Crippen molar-refractivity contribution in [1.29, 1.82) is 0 Å². The summed E-state index contributed by atoms with van der Waals surface area (Å²) in [4.78, 5) is 68.7. The van der Waals surface area contributed by atoms with E-state index in [0.29, 0.717) is 98.9 Å². The molecule has 35 heteroatoms. The second kappa shape index (κ2) is 42.5. The molecular weight excluding hydrogens is 1750 g/mol. The van der Waals surface area contributed by atoms with Crippen LogP contribution in [0.15, 0.2) is 184 Å². The van der Waals surface area contributed by atoms with Gasteiger partial charge in [-0.3, -0.25) is 24.2 Å². The molecule has 0 bridgehead atoms. The number of aliphatic hydroxyl groups is 1. The van der Waals surface area contributed by atoms with E-state index in [1.54, 1.807) is 79.4 Å². The van der Waals surface area contributed by atoms with Gasteiger partial charge in [-0.05, 0) is 161 Å². The number of aromatic nitrogens is 6. The first-order chi connectivity index (χ1) is 58.3. The SMILES string of the molecule is CC1(C)OB(B2OC(C)(C)C(C)(C)O2)OC1(C)C.O=C(Cc1cccc(-c2ncc(Br)cn2)c1)N1CCC(c2cc(Cl)ccc2Cl)=N1.O=C(Cc1cccc(-c2ncc(O)cn2)c1)N1CCC(c2cc(Cl)ccc2Cl)=N1.O=C(Cc1cccc(-c2ncc(OCCN3CCOCC3)cn2)c1)N1CCC(c2cc(Cl)ccc2Cl)=N1.OCCN1CCOCC1. The number of hydrogen-bond donors (Lipinski definition) is 2. The zero-order valence-corrected chi connectivity index (χ0v) is 75.1. The number of hydrogen-bond acceptors (Lipinski definition) is 23. The number of benzene rings is 6. The molecule has 16 rings (SSSR count). The summed E-state index contributed by atoms with van der Waals surface area (Å²) in [7, 11) is -0.952. The number of aromatic hydroxyl groups is 1. The van der Waals surface area contributed by atoms with Crippen LogP contribution in [0.2, 0.25) is 30.1 Å². The summed E-state index contributed by atoms with van der Waals surface area (Å²) in [6.07, 6.45) is 12.0. The number of morpholine rings is 2. The van der Waals surface area contributed by atoms with E-state index >= 15 is 0 Å². The first-order valence-corrected chi connectivity index (χ1v) is 43.0. The fourth-order valence-corrected chi connectivity index (χ4v) is 14.8. The summed E-state index contributed by atoms with van der Waals surface area (Å²) in [5.41, 5.74) is 8.15. The number of aliphatic hydroxyl groups excluding tert-OH is 1. The topological polar surface area (TPSA) is 287 Å². The summed E-state index contributed by atoms with van der Waals surface area (Å²) in [6.45, 7) is 27.2. The van der Waals surface area contributed by atoms with Crippen LogP contribution in [0.4, 0.5) is 0 Å². The minimum absolute atomic E-state index is 0.00240. The minimum Gasteiger partial charge on any atom is -0.505 e. The normalized spacial score (nSPS) is 17.6. The van der Waals surface area contributed by atoms with Gasteiger partial charge in [0.25, 0.3) is 0 Å². The molecule has 7 aliphatic rings. The van der Waals surface area contributed by atoms with Crippen LogP contribution in [0.3, 0.4) is 0 Å². The Hall–Kier alpha value is -8.43. The van der Waals surface area contributed by atoms with E-state index in [1.165, 1.54) is 27.4 Å². The summed E-state index contributed by atoms with van der Waals surface area (Å²) >= 11 is 40.4. The van der Waals surface area contributed by atoms with Crippen molar-refractivity contribution in [2.45, 2.75) is 116 Å². The fraction of sp³-hybridized carbons (Fsp3) is 0.379. The number of carbonyl (C=O) groups is 3. The molecule has 4 saturated heterocycles. The van der Waals surface area contributed by atoms with Gasteiger partial charge in [0.15, 0.2) is 29.0 Å². The summed E-state index contributed by atoms with van der Waals surface area (Å²) < 4.78 is 41.0. The number of halogens is 7. The van der Waals surface area contributed by atoms with E-state index in [1.807, 2.05) is 128 Å². The average molecular weight is 1840 g/mol. The second-order valence-electron chi connectivity index (χ2n) is 31.4.